The second-order valence-electron chi connectivity index (χ2n) is 8.57. The van der Waals surface area contributed by atoms with Crippen molar-refractivity contribution < 1.29 is 5.11 Å². The molecule has 0 aliphatic carbocycles. The summed E-state index contributed by atoms with van der Waals surface area (Å²) in [5.74, 6) is 0.528. The number of fused-ring (bicyclic) bond motifs is 12. The summed E-state index contributed by atoms with van der Waals surface area (Å²) in [7, 11) is 4.52. The number of nitrogens with zero attached hydrogens (tertiary/aromatic N) is 4. The highest BCUT2D eigenvalue weighted by Gasteiger charge is 2.16. The SMILES string of the molecule is CN1CCN2CCCc3cc(Br)cc(c3O)CCCN(CC1)CCN(C)CC2. The molecule has 3 aliphatic heterocycles. The topological polar surface area (TPSA) is 33.2 Å². The summed E-state index contributed by atoms with van der Waals surface area (Å²) in [5, 5.41) is 10.8. The van der Waals surface area contributed by atoms with Crippen molar-refractivity contribution >= 4 is 15.9 Å². The Labute approximate surface area is 179 Å². The maximum absolute atomic E-state index is 10.8. The molecule has 28 heavy (non-hydrogen) atoms. The first-order chi connectivity index (χ1) is 13.5. The van der Waals surface area contributed by atoms with Crippen LogP contribution in [0.15, 0.2) is 16.6 Å². The molecule has 1 fully saturated rings. The van der Waals surface area contributed by atoms with Gasteiger partial charge in [0.15, 0.2) is 0 Å². The summed E-state index contributed by atoms with van der Waals surface area (Å²) in [5.41, 5.74) is 2.18. The lowest BCUT2D eigenvalue weighted by atomic mass is 10.0. The van der Waals surface area contributed by atoms with Gasteiger partial charge in [0.05, 0.1) is 0 Å². The van der Waals surface area contributed by atoms with Crippen molar-refractivity contribution in [1.29, 1.82) is 0 Å². The van der Waals surface area contributed by atoms with Crippen molar-refractivity contribution in [1.82, 2.24) is 19.6 Å². The van der Waals surface area contributed by atoms with Gasteiger partial charge in [-0.1, -0.05) is 15.9 Å². The Morgan fingerprint density at radius 1 is 0.679 bits per heavy atom. The first-order valence-corrected chi connectivity index (χ1v) is 11.6. The molecule has 6 heteroatoms. The third kappa shape index (κ3) is 6.70. The van der Waals surface area contributed by atoms with Gasteiger partial charge in [0.1, 0.15) is 5.75 Å². The second kappa shape index (κ2) is 10.9. The average Bonchev–Trinajstić information content (AvgIpc) is 2.66. The molecule has 3 aliphatic rings. The fourth-order valence-corrected chi connectivity index (χ4v) is 4.78. The Morgan fingerprint density at radius 2 is 1.07 bits per heavy atom. The highest BCUT2D eigenvalue weighted by atomic mass is 79.9. The Balaban J connectivity index is 1.81. The monoisotopic (exact) mass is 452 g/mol. The van der Waals surface area contributed by atoms with Crippen LogP contribution in [0.2, 0.25) is 0 Å². The van der Waals surface area contributed by atoms with E-state index in [2.05, 4.69) is 61.8 Å². The zero-order chi connectivity index (χ0) is 19.9. The number of phenols is 1. The van der Waals surface area contributed by atoms with E-state index in [-0.39, 0.29) is 0 Å². The van der Waals surface area contributed by atoms with E-state index < -0.39 is 0 Å². The van der Waals surface area contributed by atoms with Crippen molar-refractivity contribution in [2.75, 3.05) is 79.5 Å². The van der Waals surface area contributed by atoms with Crippen molar-refractivity contribution in [3.05, 3.63) is 27.7 Å². The molecular weight excluding hydrogens is 416 g/mol. The number of aromatic hydroxyl groups is 1. The van der Waals surface area contributed by atoms with Crippen molar-refractivity contribution in [2.24, 2.45) is 0 Å². The fourth-order valence-electron chi connectivity index (χ4n) is 4.23. The molecule has 0 atom stereocenters. The van der Waals surface area contributed by atoms with Gasteiger partial charge in [0, 0.05) is 56.8 Å². The summed E-state index contributed by atoms with van der Waals surface area (Å²) in [6, 6.07) is 4.20. The maximum Gasteiger partial charge on any atom is 0.122 e. The summed E-state index contributed by atoms with van der Waals surface area (Å²) in [4.78, 5) is 10.2. The molecule has 0 spiro atoms. The van der Waals surface area contributed by atoms with Crippen LogP contribution in [0.3, 0.4) is 0 Å². The van der Waals surface area contributed by atoms with Gasteiger partial charge < -0.3 is 24.7 Å². The number of hydrogen-bond donors (Lipinski definition) is 1. The normalized spacial score (nSPS) is 27.1. The predicted molar refractivity (Wildman–Crippen MR) is 120 cm³/mol. The molecule has 0 amide bonds. The summed E-state index contributed by atoms with van der Waals surface area (Å²) >= 11 is 3.65. The molecule has 0 aromatic heterocycles. The molecule has 0 saturated carbocycles. The molecule has 158 valence electrons. The first-order valence-electron chi connectivity index (χ1n) is 10.8. The molecule has 3 heterocycles. The van der Waals surface area contributed by atoms with E-state index in [1.54, 1.807) is 0 Å². The third-order valence-corrected chi connectivity index (χ3v) is 6.72. The van der Waals surface area contributed by atoms with Gasteiger partial charge in [0.25, 0.3) is 0 Å². The maximum atomic E-state index is 10.8. The lowest BCUT2D eigenvalue weighted by Gasteiger charge is -2.32. The van der Waals surface area contributed by atoms with Gasteiger partial charge in [-0.15, -0.1) is 0 Å². The second-order valence-corrected chi connectivity index (χ2v) is 9.49. The van der Waals surface area contributed by atoms with Gasteiger partial charge in [-0.2, -0.15) is 0 Å². The standard InChI is InChI=1S/C22H37BrN4O/c1-24-9-13-26-7-3-5-19-17-21(23)18-20(22(19)28)6-4-8-27(14-10-24)16-12-25(2)11-15-26/h17-18,28H,3-16H2,1-2H3. The van der Waals surface area contributed by atoms with Crippen LogP contribution in [0.1, 0.15) is 24.0 Å². The van der Waals surface area contributed by atoms with Gasteiger partial charge in [-0.25, -0.2) is 0 Å². The fraction of sp³-hybridized carbons (Fsp3) is 0.727. The largest absolute Gasteiger partial charge is 0.507 e. The van der Waals surface area contributed by atoms with E-state index in [1.807, 2.05) is 0 Å². The minimum atomic E-state index is 0.528. The number of halogens is 1. The van der Waals surface area contributed by atoms with Gasteiger partial charge in [-0.05, 0) is 76.1 Å². The number of benzene rings is 1. The van der Waals surface area contributed by atoms with E-state index in [1.165, 1.54) is 0 Å². The highest BCUT2D eigenvalue weighted by molar-refractivity contribution is 9.10. The molecule has 0 radical (unpaired) electrons. The molecule has 1 N–H and O–H groups in total. The zero-order valence-corrected chi connectivity index (χ0v) is 19.3. The van der Waals surface area contributed by atoms with Crippen LogP contribution in [0.5, 0.6) is 5.75 Å². The Bertz CT molecular complexity index is 562. The van der Waals surface area contributed by atoms with Crippen LogP contribution in [-0.2, 0) is 12.8 Å². The van der Waals surface area contributed by atoms with Crippen LogP contribution in [0.4, 0.5) is 0 Å². The number of aryl methyl sites for hydroxylation is 2. The third-order valence-electron chi connectivity index (χ3n) is 6.27. The lowest BCUT2D eigenvalue weighted by molar-refractivity contribution is 0.152. The number of phenolic OH excluding ortho intramolecular Hbond substituents is 1. The van der Waals surface area contributed by atoms with Gasteiger partial charge in [-0.3, -0.25) is 0 Å². The smallest absolute Gasteiger partial charge is 0.122 e. The van der Waals surface area contributed by atoms with Crippen LogP contribution in [0, 0.1) is 0 Å². The molecule has 1 aromatic carbocycles. The summed E-state index contributed by atoms with van der Waals surface area (Å²) in [6.45, 7) is 11.2. The zero-order valence-electron chi connectivity index (χ0n) is 17.7. The number of hydrogen-bond acceptors (Lipinski definition) is 5. The molecule has 4 rings (SSSR count). The van der Waals surface area contributed by atoms with E-state index in [0.29, 0.717) is 5.75 Å². The van der Waals surface area contributed by atoms with Crippen molar-refractivity contribution in [3.63, 3.8) is 0 Å². The van der Waals surface area contributed by atoms with Crippen LogP contribution < -0.4 is 0 Å². The Hall–Kier alpha value is -0.660. The van der Waals surface area contributed by atoms with E-state index in [9.17, 15) is 5.11 Å². The summed E-state index contributed by atoms with van der Waals surface area (Å²) < 4.78 is 1.09. The van der Waals surface area contributed by atoms with Gasteiger partial charge in [0.2, 0.25) is 0 Å². The van der Waals surface area contributed by atoms with Gasteiger partial charge >= 0.3 is 0 Å². The summed E-state index contributed by atoms with van der Waals surface area (Å²) in [6.07, 6.45) is 4.05. The predicted octanol–water partition coefficient (Wildman–Crippen LogP) is 2.51. The molecule has 1 aromatic rings. The van der Waals surface area contributed by atoms with Crippen LogP contribution in [-0.4, -0.2) is 104 Å². The van der Waals surface area contributed by atoms with Crippen molar-refractivity contribution in [3.8, 4) is 5.75 Å². The van der Waals surface area contributed by atoms with Crippen LogP contribution in [0.25, 0.3) is 0 Å². The number of likely N-dealkylation sites (N-methyl/N-ethyl adjacent to an activating group) is 2. The molecule has 1 saturated heterocycles. The van der Waals surface area contributed by atoms with Crippen LogP contribution >= 0.6 is 15.9 Å². The minimum Gasteiger partial charge on any atom is -0.507 e. The quantitative estimate of drug-likeness (QED) is 0.653. The highest BCUT2D eigenvalue weighted by Crippen LogP contribution is 2.29. The molecule has 5 nitrogen and oxygen atoms in total. The minimum absolute atomic E-state index is 0.528. The molecular formula is C22H37BrN4O. The number of rotatable bonds is 0. The van der Waals surface area contributed by atoms with E-state index in [4.69, 9.17) is 0 Å². The van der Waals surface area contributed by atoms with E-state index in [0.717, 1.165) is 107 Å². The Kier molecular flexibility index (Phi) is 8.60. The average molecular weight is 453 g/mol. The first kappa shape index (κ1) is 22.0. The lowest BCUT2D eigenvalue weighted by Crippen LogP contribution is -2.44. The van der Waals surface area contributed by atoms with Crippen molar-refractivity contribution in [2.45, 2.75) is 25.7 Å². The Morgan fingerprint density at radius 3 is 1.46 bits per heavy atom. The van der Waals surface area contributed by atoms with E-state index >= 15 is 0 Å². The molecule has 0 unspecified atom stereocenters. The molecule has 4 bridgehead atoms.